The average molecular weight is 496 g/mol. The van der Waals surface area contributed by atoms with E-state index in [2.05, 4.69) is 26.2 Å². The molecule has 31 heavy (non-hydrogen) atoms. The number of hydrogen-bond donors (Lipinski definition) is 1. The Hall–Kier alpha value is -3.28. The lowest BCUT2D eigenvalue weighted by atomic mass is 10.1. The molecule has 2 heterocycles. The van der Waals surface area contributed by atoms with Crippen molar-refractivity contribution in [3.05, 3.63) is 43.3 Å². The van der Waals surface area contributed by atoms with Crippen LogP contribution in [-0.4, -0.2) is 45.9 Å². The van der Waals surface area contributed by atoms with Crippen LogP contribution in [0.4, 0.5) is 0 Å². The molecule has 0 saturated carbocycles. The number of benzene rings is 1. The summed E-state index contributed by atoms with van der Waals surface area (Å²) in [6.45, 7) is 0.000438. The highest BCUT2D eigenvalue weighted by Gasteiger charge is 2.20. The number of hydrogen-bond acceptors (Lipinski definition) is 7. The number of aryl methyl sites for hydroxylation is 1. The lowest BCUT2D eigenvalue weighted by Gasteiger charge is -2.15. The van der Waals surface area contributed by atoms with Gasteiger partial charge in [0.05, 0.1) is 21.3 Å². The Bertz CT molecular complexity index is 1280. The molecule has 0 saturated heterocycles. The lowest BCUT2D eigenvalue weighted by molar-refractivity contribution is -0.121. The van der Waals surface area contributed by atoms with Gasteiger partial charge in [-0.2, -0.15) is 0 Å². The van der Waals surface area contributed by atoms with Crippen LogP contribution < -0.4 is 30.8 Å². The van der Waals surface area contributed by atoms with Gasteiger partial charge in [0.2, 0.25) is 5.91 Å². The molecule has 11 nitrogen and oxygen atoms in total. The molecule has 0 radical (unpaired) electrons. The standard InChI is InChI=1S/C19H22BrN5O6/c1-23-16-15(17(27)24(2)19(23)28)22-18(20)25(16)9-14(26)21-8-10-6-12(30-4)13(31-5)7-11(10)29-3/h6-7H,8-9H2,1-5H3,(H,21,26). The van der Waals surface area contributed by atoms with Crippen molar-refractivity contribution in [3.8, 4) is 17.2 Å². The minimum absolute atomic E-state index is 0.0887. The summed E-state index contributed by atoms with van der Waals surface area (Å²) in [6, 6.07) is 3.39. The topological polar surface area (TPSA) is 119 Å². The van der Waals surface area contributed by atoms with E-state index in [1.807, 2.05) is 0 Å². The van der Waals surface area contributed by atoms with Crippen LogP contribution >= 0.6 is 15.9 Å². The molecule has 1 N–H and O–H groups in total. The van der Waals surface area contributed by atoms with Gasteiger partial charge in [-0.1, -0.05) is 0 Å². The zero-order chi connectivity index (χ0) is 22.9. The molecule has 0 bridgehead atoms. The Morgan fingerprint density at radius 3 is 2.26 bits per heavy atom. The second kappa shape index (κ2) is 8.84. The van der Waals surface area contributed by atoms with Gasteiger partial charge in [0.1, 0.15) is 12.3 Å². The molecule has 0 aliphatic carbocycles. The summed E-state index contributed by atoms with van der Waals surface area (Å²) in [5.41, 5.74) is -0.0244. The fourth-order valence-corrected chi connectivity index (χ4v) is 3.70. The number of aromatic nitrogens is 4. The van der Waals surface area contributed by atoms with Crippen molar-refractivity contribution >= 4 is 33.0 Å². The first kappa shape index (κ1) is 22.4. The van der Waals surface area contributed by atoms with Gasteiger partial charge in [-0.3, -0.25) is 23.3 Å². The predicted molar refractivity (Wildman–Crippen MR) is 116 cm³/mol. The summed E-state index contributed by atoms with van der Waals surface area (Å²) < 4.78 is 19.9. The van der Waals surface area contributed by atoms with Crippen LogP contribution in [0.25, 0.3) is 11.2 Å². The molecule has 0 atom stereocenters. The SMILES string of the molecule is COc1cc(OC)c(OC)cc1CNC(=O)Cn1c(Br)nc2c(=O)n(C)c(=O)n(C)c21. The summed E-state index contributed by atoms with van der Waals surface area (Å²) in [7, 11) is 7.44. The second-order valence-electron chi connectivity index (χ2n) is 6.64. The minimum atomic E-state index is -0.534. The Kier molecular flexibility index (Phi) is 6.39. The lowest BCUT2D eigenvalue weighted by Crippen LogP contribution is -2.38. The molecule has 12 heteroatoms. The predicted octanol–water partition coefficient (Wildman–Crippen LogP) is 0.538. The van der Waals surface area contributed by atoms with E-state index < -0.39 is 11.2 Å². The van der Waals surface area contributed by atoms with Gasteiger partial charge in [-0.25, -0.2) is 9.78 Å². The molecule has 166 valence electrons. The summed E-state index contributed by atoms with van der Waals surface area (Å²) in [5.74, 6) is 1.18. The summed E-state index contributed by atoms with van der Waals surface area (Å²) in [5, 5.41) is 2.80. The van der Waals surface area contributed by atoms with E-state index in [1.54, 1.807) is 12.1 Å². The van der Waals surface area contributed by atoms with Gasteiger partial charge in [-0.15, -0.1) is 0 Å². The molecule has 3 rings (SSSR count). The number of nitrogens with zero attached hydrogens (tertiary/aromatic N) is 4. The minimum Gasteiger partial charge on any atom is -0.496 e. The first-order valence-corrected chi connectivity index (χ1v) is 9.90. The molecule has 0 spiro atoms. The molecule has 1 aromatic carbocycles. The molecule has 3 aromatic rings. The maximum absolute atomic E-state index is 12.7. The maximum Gasteiger partial charge on any atom is 0.332 e. The number of ether oxygens (including phenoxy) is 3. The number of halogens is 1. The van der Waals surface area contributed by atoms with Gasteiger partial charge in [0, 0.05) is 32.3 Å². The Morgan fingerprint density at radius 2 is 1.65 bits per heavy atom. The fourth-order valence-electron chi connectivity index (χ4n) is 3.23. The third kappa shape index (κ3) is 4.02. The maximum atomic E-state index is 12.7. The second-order valence-corrected chi connectivity index (χ2v) is 7.35. The number of imidazole rings is 1. The number of methoxy groups -OCH3 is 3. The van der Waals surface area contributed by atoms with Crippen LogP contribution in [0.2, 0.25) is 0 Å². The van der Waals surface area contributed by atoms with Crippen molar-refractivity contribution in [2.45, 2.75) is 13.1 Å². The number of amides is 1. The van der Waals surface area contributed by atoms with E-state index in [1.165, 1.54) is 44.6 Å². The number of carbonyl (C=O) groups excluding carboxylic acids is 1. The van der Waals surface area contributed by atoms with E-state index in [9.17, 15) is 14.4 Å². The quantitative estimate of drug-likeness (QED) is 0.475. The zero-order valence-electron chi connectivity index (χ0n) is 17.7. The monoisotopic (exact) mass is 495 g/mol. The normalized spacial score (nSPS) is 10.9. The molecule has 0 aliphatic heterocycles. The summed E-state index contributed by atoms with van der Waals surface area (Å²) >= 11 is 3.27. The van der Waals surface area contributed by atoms with Crippen molar-refractivity contribution < 1.29 is 19.0 Å². The molecule has 1 amide bonds. The van der Waals surface area contributed by atoms with Gasteiger partial charge in [0.15, 0.2) is 27.4 Å². The third-order valence-corrected chi connectivity index (χ3v) is 5.46. The molecule has 2 aromatic heterocycles. The molecule has 0 unspecified atom stereocenters. The van der Waals surface area contributed by atoms with Gasteiger partial charge < -0.3 is 19.5 Å². The fraction of sp³-hybridized carbons (Fsp3) is 0.368. The number of fused-ring (bicyclic) bond motifs is 1. The summed E-state index contributed by atoms with van der Waals surface area (Å²) in [4.78, 5) is 41.5. The van der Waals surface area contributed by atoms with Crippen molar-refractivity contribution in [2.24, 2.45) is 14.1 Å². The van der Waals surface area contributed by atoms with E-state index in [0.717, 1.165) is 4.57 Å². The van der Waals surface area contributed by atoms with Gasteiger partial charge in [-0.05, 0) is 22.0 Å². The molecular formula is C19H22BrN5O6. The van der Waals surface area contributed by atoms with Crippen LogP contribution in [0, 0.1) is 0 Å². The third-order valence-electron chi connectivity index (χ3n) is 4.86. The van der Waals surface area contributed by atoms with Crippen LogP contribution in [0.3, 0.4) is 0 Å². The van der Waals surface area contributed by atoms with E-state index >= 15 is 0 Å². The highest BCUT2D eigenvalue weighted by Crippen LogP contribution is 2.34. The zero-order valence-corrected chi connectivity index (χ0v) is 19.3. The number of carbonyl (C=O) groups is 1. The van der Waals surface area contributed by atoms with Crippen molar-refractivity contribution in [1.82, 2.24) is 24.0 Å². The average Bonchev–Trinajstić information content (AvgIpc) is 3.09. The highest BCUT2D eigenvalue weighted by molar-refractivity contribution is 9.10. The van der Waals surface area contributed by atoms with E-state index in [0.29, 0.717) is 22.8 Å². The van der Waals surface area contributed by atoms with E-state index in [-0.39, 0.29) is 34.9 Å². The van der Waals surface area contributed by atoms with Crippen LogP contribution in [-0.2, 0) is 32.0 Å². The first-order chi connectivity index (χ1) is 14.7. The Morgan fingerprint density at radius 1 is 1.03 bits per heavy atom. The molecule has 0 fully saturated rings. The number of nitrogens with one attached hydrogen (secondary N) is 1. The van der Waals surface area contributed by atoms with Gasteiger partial charge >= 0.3 is 5.69 Å². The molecule has 0 aliphatic rings. The van der Waals surface area contributed by atoms with Crippen LogP contribution in [0.5, 0.6) is 17.2 Å². The molecular weight excluding hydrogens is 474 g/mol. The van der Waals surface area contributed by atoms with Crippen LogP contribution in [0.15, 0.2) is 26.5 Å². The summed E-state index contributed by atoms with van der Waals surface area (Å²) in [6.07, 6.45) is 0. The van der Waals surface area contributed by atoms with Crippen molar-refractivity contribution in [3.63, 3.8) is 0 Å². The van der Waals surface area contributed by atoms with Crippen molar-refractivity contribution in [2.75, 3.05) is 21.3 Å². The highest BCUT2D eigenvalue weighted by atomic mass is 79.9. The largest absolute Gasteiger partial charge is 0.496 e. The van der Waals surface area contributed by atoms with E-state index in [4.69, 9.17) is 14.2 Å². The Labute approximate surface area is 185 Å². The number of rotatable bonds is 7. The smallest absolute Gasteiger partial charge is 0.332 e. The van der Waals surface area contributed by atoms with Crippen molar-refractivity contribution in [1.29, 1.82) is 0 Å². The van der Waals surface area contributed by atoms with Crippen LogP contribution in [0.1, 0.15) is 5.56 Å². The van der Waals surface area contributed by atoms with Gasteiger partial charge in [0.25, 0.3) is 5.56 Å². The Balaban J connectivity index is 1.88. The first-order valence-electron chi connectivity index (χ1n) is 9.10.